The van der Waals surface area contributed by atoms with Crippen molar-refractivity contribution in [2.45, 2.75) is 82.8 Å². The van der Waals surface area contributed by atoms with E-state index < -0.39 is 12.1 Å². The number of nitrogens with one attached hydrogen (secondary N) is 3. The number of aromatic nitrogens is 3. The number of para-hydroxylation sites is 1. The summed E-state index contributed by atoms with van der Waals surface area (Å²) in [7, 11) is 1.73. The lowest BCUT2D eigenvalue weighted by Crippen LogP contribution is -2.55. The Morgan fingerprint density at radius 1 is 0.713 bits per heavy atom. The normalized spacial score (nSPS) is 17.9. The standard InChI is InChI=1S/C59H72N10O10S/c1-40(60-2)54(72)65-52(41-11-5-3-6-12-41)58(75)69-24-10-17-50(69)56-64-49(39-80-56)53(71)43-13-9-16-48(35-43)78-34-33-76-31-32-77-38-51(70)67-27-29-68(30-28-67)57(74)42-22-25-66(26-23-42)46-20-18-45(19-21-46)63-55(73)44-36-61-59(62-37-44)79-47-14-7-4-8-15-47/h4,7-9,13-16,18-21,35-37,39-42,50,52,60H,3,5-6,10-12,17,22-34,38H2,1-2H3,(H,63,73)(H,65,72). The number of hydrogen-bond donors (Lipinski definition) is 3. The Kier molecular flexibility index (Phi) is 20.2. The van der Waals surface area contributed by atoms with Gasteiger partial charge < -0.3 is 54.5 Å². The minimum Gasteiger partial charge on any atom is -0.491 e. The van der Waals surface area contributed by atoms with Gasteiger partial charge in [-0.25, -0.2) is 15.0 Å². The first-order chi connectivity index (χ1) is 39.0. The Morgan fingerprint density at radius 3 is 2.15 bits per heavy atom. The molecule has 4 aliphatic rings. The van der Waals surface area contributed by atoms with Crippen LogP contribution >= 0.6 is 11.3 Å². The van der Waals surface area contributed by atoms with Crippen LogP contribution in [0.5, 0.6) is 17.5 Å². The number of thiazole rings is 1. The van der Waals surface area contributed by atoms with Gasteiger partial charge >= 0.3 is 6.01 Å². The number of carbonyl (C=O) groups excluding carboxylic acids is 6. The number of carbonyl (C=O) groups is 6. The zero-order valence-corrected chi connectivity index (χ0v) is 46.4. The maximum Gasteiger partial charge on any atom is 0.321 e. The van der Waals surface area contributed by atoms with Crippen molar-refractivity contribution in [3.8, 4) is 17.5 Å². The zero-order valence-electron chi connectivity index (χ0n) is 45.6. The number of nitrogens with zero attached hydrogens (tertiary/aromatic N) is 7. The molecule has 3 aromatic carbocycles. The van der Waals surface area contributed by atoms with Crippen molar-refractivity contribution in [2.75, 3.05) is 96.1 Å². The molecule has 1 saturated carbocycles. The summed E-state index contributed by atoms with van der Waals surface area (Å²) in [6, 6.07) is 22.6. The first kappa shape index (κ1) is 57.4. The van der Waals surface area contributed by atoms with Gasteiger partial charge in [0.2, 0.25) is 29.4 Å². The van der Waals surface area contributed by atoms with Gasteiger partial charge in [0, 0.05) is 86.4 Å². The van der Waals surface area contributed by atoms with Crippen molar-refractivity contribution in [1.29, 1.82) is 0 Å². The lowest BCUT2D eigenvalue weighted by Gasteiger charge is -2.39. The zero-order chi connectivity index (χ0) is 55.8. The number of piperazine rings is 1. The summed E-state index contributed by atoms with van der Waals surface area (Å²) in [6.07, 6.45) is 10.9. The molecular weight excluding hydrogens is 1040 g/mol. The SMILES string of the molecule is CNC(C)C(=O)NC(C(=O)N1CCCC1c1nc(C(=O)c2cccc(OCCOCCOCC(=O)N3CCN(C(=O)C4CCN(c5ccc(NC(=O)c6cnc(Oc7ccccc7)nc6)cc5)CC4)CC3)c2)cs1)C1CCCCC1. The number of ketones is 1. The molecule has 80 heavy (non-hydrogen) atoms. The van der Waals surface area contributed by atoms with Gasteiger partial charge in [0.1, 0.15) is 41.5 Å². The Balaban J connectivity index is 0.628. The second kappa shape index (κ2) is 28.2. The first-order valence-corrected chi connectivity index (χ1v) is 28.8. The fraction of sp³-hybridized carbons (Fsp3) is 0.475. The molecule has 0 spiro atoms. The molecule has 0 radical (unpaired) electrons. The highest BCUT2D eigenvalue weighted by molar-refractivity contribution is 7.10. The molecule has 5 heterocycles. The number of amides is 5. The maximum atomic E-state index is 14.2. The molecule has 5 aromatic rings. The van der Waals surface area contributed by atoms with Crippen molar-refractivity contribution in [3.63, 3.8) is 0 Å². The van der Waals surface area contributed by atoms with Gasteiger partial charge in [-0.05, 0) is 107 Å². The van der Waals surface area contributed by atoms with Crippen LogP contribution in [0.25, 0.3) is 0 Å². The molecule has 0 bridgehead atoms. The van der Waals surface area contributed by atoms with E-state index in [4.69, 9.17) is 23.9 Å². The summed E-state index contributed by atoms with van der Waals surface area (Å²) < 4.78 is 22.9. The molecule has 2 aromatic heterocycles. The number of anilines is 2. The maximum absolute atomic E-state index is 14.2. The summed E-state index contributed by atoms with van der Waals surface area (Å²) in [4.78, 5) is 101. The van der Waals surface area contributed by atoms with Gasteiger partial charge in [-0.3, -0.25) is 28.8 Å². The highest BCUT2D eigenvalue weighted by Gasteiger charge is 2.40. The van der Waals surface area contributed by atoms with E-state index in [1.165, 1.54) is 23.7 Å². The largest absolute Gasteiger partial charge is 0.491 e. The second-order valence-electron chi connectivity index (χ2n) is 20.7. The van der Waals surface area contributed by atoms with Crippen LogP contribution in [0.1, 0.15) is 102 Å². The van der Waals surface area contributed by atoms with Crippen LogP contribution in [0.3, 0.4) is 0 Å². The molecule has 20 nitrogen and oxygen atoms in total. The van der Waals surface area contributed by atoms with Gasteiger partial charge in [-0.2, -0.15) is 0 Å². The van der Waals surface area contributed by atoms with E-state index in [0.29, 0.717) is 71.7 Å². The Labute approximate surface area is 470 Å². The smallest absolute Gasteiger partial charge is 0.321 e. The van der Waals surface area contributed by atoms with E-state index in [-0.39, 0.29) is 92.2 Å². The van der Waals surface area contributed by atoms with E-state index in [2.05, 4.69) is 30.8 Å². The molecule has 3 aliphatic heterocycles. The molecule has 3 N–H and O–H groups in total. The Hall–Kier alpha value is -7.33. The number of benzene rings is 3. The fourth-order valence-electron chi connectivity index (χ4n) is 10.7. The average Bonchev–Trinajstić information content (AvgIpc) is 4.21. The van der Waals surface area contributed by atoms with E-state index in [1.54, 1.807) is 60.6 Å². The van der Waals surface area contributed by atoms with Gasteiger partial charge in [0.15, 0.2) is 0 Å². The Bertz CT molecular complexity index is 2870. The van der Waals surface area contributed by atoms with Crippen LogP contribution < -0.4 is 30.3 Å². The first-order valence-electron chi connectivity index (χ1n) is 28.0. The van der Waals surface area contributed by atoms with E-state index >= 15 is 0 Å². The van der Waals surface area contributed by atoms with Crippen molar-refractivity contribution in [3.05, 3.63) is 118 Å². The Morgan fingerprint density at radius 2 is 1.41 bits per heavy atom. The minimum atomic E-state index is -0.595. The summed E-state index contributed by atoms with van der Waals surface area (Å²) in [5, 5.41) is 11.4. The monoisotopic (exact) mass is 1110 g/mol. The summed E-state index contributed by atoms with van der Waals surface area (Å²) in [5.41, 5.74) is 2.69. The number of piperidine rings is 1. The third kappa shape index (κ3) is 15.1. The van der Waals surface area contributed by atoms with Gasteiger partial charge in [-0.1, -0.05) is 49.6 Å². The second-order valence-corrected chi connectivity index (χ2v) is 21.6. The lowest BCUT2D eigenvalue weighted by atomic mass is 9.83. The molecular formula is C59H72N10O10S. The molecule has 424 valence electrons. The highest BCUT2D eigenvalue weighted by Crippen LogP contribution is 2.37. The molecule has 3 atom stereocenters. The quantitative estimate of drug-likeness (QED) is 0.0466. The molecule has 5 amide bonds. The van der Waals surface area contributed by atoms with Crippen LogP contribution in [-0.2, 0) is 28.7 Å². The van der Waals surface area contributed by atoms with Gasteiger partial charge in [-0.15, -0.1) is 11.3 Å². The molecule has 1 aliphatic carbocycles. The molecule has 3 saturated heterocycles. The van der Waals surface area contributed by atoms with Crippen molar-refractivity contribution < 1.29 is 47.7 Å². The van der Waals surface area contributed by atoms with Crippen LogP contribution in [0, 0.1) is 11.8 Å². The predicted octanol–water partition coefficient (Wildman–Crippen LogP) is 6.54. The van der Waals surface area contributed by atoms with Crippen molar-refractivity contribution in [2.24, 2.45) is 11.8 Å². The summed E-state index contributed by atoms with van der Waals surface area (Å²) >= 11 is 1.38. The van der Waals surface area contributed by atoms with Crippen LogP contribution in [0.2, 0.25) is 0 Å². The molecule has 9 rings (SSSR count). The number of ether oxygens (including phenoxy) is 4. The third-order valence-electron chi connectivity index (χ3n) is 15.4. The number of likely N-dealkylation sites (tertiary alicyclic amines) is 1. The number of rotatable bonds is 23. The van der Waals surface area contributed by atoms with Crippen LogP contribution in [0.4, 0.5) is 11.4 Å². The minimum absolute atomic E-state index is 0.0720. The van der Waals surface area contributed by atoms with Gasteiger partial charge in [0.25, 0.3) is 5.91 Å². The molecule has 21 heteroatoms. The highest BCUT2D eigenvalue weighted by atomic mass is 32.1. The predicted molar refractivity (Wildman–Crippen MR) is 301 cm³/mol. The summed E-state index contributed by atoms with van der Waals surface area (Å²) in [5.74, 6) is 0.278. The lowest BCUT2D eigenvalue weighted by molar-refractivity contribution is -0.145. The van der Waals surface area contributed by atoms with E-state index in [9.17, 15) is 28.8 Å². The number of likely N-dealkylation sites (N-methyl/N-ethyl adjacent to an activating group) is 1. The van der Waals surface area contributed by atoms with Gasteiger partial charge in [0.05, 0.1) is 37.5 Å². The molecule has 3 unspecified atom stereocenters. The number of hydrogen-bond acceptors (Lipinski definition) is 16. The van der Waals surface area contributed by atoms with E-state index in [1.807, 2.05) is 52.3 Å². The topological polar surface area (TPSA) is 227 Å². The molecule has 4 fully saturated rings. The van der Waals surface area contributed by atoms with Crippen LogP contribution in [0.15, 0.2) is 96.6 Å². The fourth-order valence-corrected chi connectivity index (χ4v) is 11.6. The van der Waals surface area contributed by atoms with Crippen molar-refractivity contribution >= 4 is 58.0 Å². The van der Waals surface area contributed by atoms with Crippen LogP contribution in [-0.4, -0.2) is 163 Å². The van der Waals surface area contributed by atoms with E-state index in [0.717, 1.165) is 76.6 Å². The average molecular weight is 1110 g/mol. The summed E-state index contributed by atoms with van der Waals surface area (Å²) in [6.45, 7) is 6.58. The third-order valence-corrected chi connectivity index (χ3v) is 16.3. The van der Waals surface area contributed by atoms with Crippen molar-refractivity contribution in [1.82, 2.24) is 40.3 Å².